The van der Waals surface area contributed by atoms with E-state index < -0.39 is 0 Å². The number of ether oxygens (including phenoxy) is 2. The average Bonchev–Trinajstić information content (AvgIpc) is 2.93. The van der Waals surface area contributed by atoms with Crippen molar-refractivity contribution in [3.63, 3.8) is 0 Å². The molecule has 3 rings (SSSR count). The molecule has 0 bridgehead atoms. The van der Waals surface area contributed by atoms with Gasteiger partial charge in [-0.25, -0.2) is 0 Å². The van der Waals surface area contributed by atoms with E-state index >= 15 is 0 Å². The number of allylic oxidation sites excluding steroid dienone is 5. The number of hydrogen-bond acceptors (Lipinski definition) is 7. The van der Waals surface area contributed by atoms with Gasteiger partial charge in [0.1, 0.15) is 18.1 Å². The molecule has 0 aliphatic carbocycles. The zero-order chi connectivity index (χ0) is 25.3. The number of rotatable bonds is 6. The maximum absolute atomic E-state index is 9.74. The third-order valence-electron chi connectivity index (χ3n) is 4.71. The van der Waals surface area contributed by atoms with Gasteiger partial charge < -0.3 is 25.6 Å². The molecule has 0 unspecified atom stereocenters. The largest absolute Gasteiger partial charge is 0.508 e. The topological polar surface area (TPSA) is 104 Å². The lowest BCUT2D eigenvalue weighted by Crippen LogP contribution is -2.38. The van der Waals surface area contributed by atoms with Gasteiger partial charge in [0, 0.05) is 37.4 Å². The lowest BCUT2D eigenvalue weighted by atomic mass is 10.0. The van der Waals surface area contributed by atoms with Gasteiger partial charge in [0.15, 0.2) is 0 Å². The summed E-state index contributed by atoms with van der Waals surface area (Å²) in [5, 5.41) is 21.5. The first-order chi connectivity index (χ1) is 16.4. The summed E-state index contributed by atoms with van der Waals surface area (Å²) >= 11 is 0. The smallest absolute Gasteiger partial charge is 0.119 e. The van der Waals surface area contributed by atoms with Crippen molar-refractivity contribution >= 4 is 11.4 Å². The summed E-state index contributed by atoms with van der Waals surface area (Å²) in [7, 11) is 0. The minimum Gasteiger partial charge on any atom is -0.508 e. The number of nitrogens with two attached hydrogens (primary N) is 1. The van der Waals surface area contributed by atoms with Crippen LogP contribution < -0.4 is 11.1 Å². The summed E-state index contributed by atoms with van der Waals surface area (Å²) in [6, 6.07) is 4.58. The van der Waals surface area contributed by atoms with Crippen molar-refractivity contribution in [2.24, 2.45) is 0 Å². The number of nitrogens with zero attached hydrogens (tertiary/aromatic N) is 1. The Morgan fingerprint density at radius 1 is 1.24 bits per heavy atom. The molecule has 0 saturated carbocycles. The molecule has 2 aliphatic rings. The Hall–Kier alpha value is -3.03. The predicted molar refractivity (Wildman–Crippen MR) is 142 cm³/mol. The summed E-state index contributed by atoms with van der Waals surface area (Å²) in [5.74, 6) is 0.795. The highest BCUT2D eigenvalue weighted by atomic mass is 16.5. The Labute approximate surface area is 205 Å². The maximum Gasteiger partial charge on any atom is 0.119 e. The molecule has 0 amide bonds. The molecule has 1 aromatic rings. The van der Waals surface area contributed by atoms with E-state index in [9.17, 15) is 5.11 Å². The van der Waals surface area contributed by atoms with Crippen LogP contribution in [-0.4, -0.2) is 61.7 Å². The molecule has 5 N–H and O–H groups in total. The monoisotopic (exact) mass is 470 g/mol. The van der Waals surface area contributed by atoms with Gasteiger partial charge in [-0.3, -0.25) is 10.3 Å². The highest BCUT2D eigenvalue weighted by Crippen LogP contribution is 2.22. The van der Waals surface area contributed by atoms with E-state index in [0.29, 0.717) is 35.7 Å². The number of aromatic hydroxyl groups is 1. The zero-order valence-corrected chi connectivity index (χ0v) is 21.2. The number of benzene rings is 1. The average molecular weight is 471 g/mol. The standard InChI is InChI=1S/C22H28N4O3.C3H8.C2H6/c1-16-13-18(29-12-9-26-7-10-28-11-8-26)3-2-6-25-21(14-16)22(24)19-15-17(27)4-5-20(19)23;1-3-2;1-2/h2-5,13-15,24-25,27H,1,6-12,23H2;3H2,1-2H3;1-2H3/b3-2-,18-13+,21-14-,24-22?;;. The van der Waals surface area contributed by atoms with Gasteiger partial charge in [-0.15, -0.1) is 0 Å². The maximum atomic E-state index is 9.74. The zero-order valence-electron chi connectivity index (χ0n) is 21.2. The number of phenols is 1. The summed E-state index contributed by atoms with van der Waals surface area (Å²) in [4.78, 5) is 2.32. The third-order valence-corrected chi connectivity index (χ3v) is 4.71. The van der Waals surface area contributed by atoms with Crippen LogP contribution in [0.4, 0.5) is 5.69 Å². The van der Waals surface area contributed by atoms with E-state index in [0.717, 1.165) is 38.6 Å². The van der Waals surface area contributed by atoms with Gasteiger partial charge in [-0.05, 0) is 42.0 Å². The number of anilines is 1. The van der Waals surface area contributed by atoms with Crippen molar-refractivity contribution in [1.29, 1.82) is 5.41 Å². The van der Waals surface area contributed by atoms with Crippen molar-refractivity contribution in [3.8, 4) is 5.75 Å². The van der Waals surface area contributed by atoms with Gasteiger partial charge in [-0.2, -0.15) is 0 Å². The quantitative estimate of drug-likeness (QED) is 0.275. The fourth-order valence-corrected chi connectivity index (χ4v) is 3.13. The number of phenolic OH excluding ortho intramolecular Hbond substituents is 1. The van der Waals surface area contributed by atoms with Crippen LogP contribution in [-0.2, 0) is 9.47 Å². The molecule has 2 heterocycles. The van der Waals surface area contributed by atoms with E-state index in [1.54, 1.807) is 12.1 Å². The molecule has 1 aromatic carbocycles. The molecular weight excluding hydrogens is 428 g/mol. The molecule has 2 aliphatic heterocycles. The summed E-state index contributed by atoms with van der Waals surface area (Å²) < 4.78 is 11.3. The number of hydrogen-bond donors (Lipinski definition) is 4. The SMILES string of the molecule is C=C1/C=C(/C(=N)c2cc(O)ccc2N)NC/C=C\C(OCCN2CCOCC2)=C/1.CC.CCC. The van der Waals surface area contributed by atoms with E-state index in [4.69, 9.17) is 20.6 Å². The Bertz CT molecular complexity index is 869. The second-order valence-corrected chi connectivity index (χ2v) is 7.62. The molecule has 188 valence electrons. The van der Waals surface area contributed by atoms with Crippen molar-refractivity contribution in [3.05, 3.63) is 71.7 Å². The first kappa shape index (κ1) is 29.0. The fourth-order valence-electron chi connectivity index (χ4n) is 3.13. The Kier molecular flexibility index (Phi) is 14.1. The van der Waals surface area contributed by atoms with Crippen LogP contribution in [0.3, 0.4) is 0 Å². The predicted octanol–water partition coefficient (Wildman–Crippen LogP) is 4.62. The van der Waals surface area contributed by atoms with Gasteiger partial charge >= 0.3 is 0 Å². The van der Waals surface area contributed by atoms with Crippen molar-refractivity contribution < 1.29 is 14.6 Å². The Morgan fingerprint density at radius 3 is 2.59 bits per heavy atom. The second kappa shape index (κ2) is 16.6. The minimum atomic E-state index is 0.0668. The summed E-state index contributed by atoms with van der Waals surface area (Å²) in [6.45, 7) is 17.7. The summed E-state index contributed by atoms with van der Waals surface area (Å²) in [6.07, 6.45) is 8.72. The van der Waals surface area contributed by atoms with Crippen LogP contribution in [0.15, 0.2) is 66.1 Å². The Balaban J connectivity index is 0.00000107. The normalized spacial score (nSPS) is 20.1. The molecule has 0 atom stereocenters. The molecule has 1 fully saturated rings. The van der Waals surface area contributed by atoms with E-state index in [2.05, 4.69) is 30.6 Å². The molecule has 7 nitrogen and oxygen atoms in total. The molecule has 34 heavy (non-hydrogen) atoms. The van der Waals surface area contributed by atoms with Gasteiger partial charge in [-0.1, -0.05) is 46.8 Å². The minimum absolute atomic E-state index is 0.0668. The van der Waals surface area contributed by atoms with E-state index in [-0.39, 0.29) is 11.5 Å². The lowest BCUT2D eigenvalue weighted by Gasteiger charge is -2.26. The van der Waals surface area contributed by atoms with Crippen LogP contribution in [0.25, 0.3) is 0 Å². The first-order valence-corrected chi connectivity index (χ1v) is 12.1. The summed E-state index contributed by atoms with van der Waals surface area (Å²) in [5.41, 5.74) is 8.34. The molecule has 7 heteroatoms. The third kappa shape index (κ3) is 10.3. The highest BCUT2D eigenvalue weighted by Gasteiger charge is 2.13. The molecule has 0 radical (unpaired) electrons. The number of nitrogen functional groups attached to an aromatic ring is 1. The lowest BCUT2D eigenvalue weighted by molar-refractivity contribution is 0.0281. The molecular formula is C27H42N4O3. The molecule has 1 saturated heterocycles. The van der Waals surface area contributed by atoms with E-state index in [1.165, 1.54) is 18.6 Å². The molecule has 0 spiro atoms. The van der Waals surface area contributed by atoms with Gasteiger partial charge in [0.2, 0.25) is 0 Å². The highest BCUT2D eigenvalue weighted by molar-refractivity contribution is 6.13. The van der Waals surface area contributed by atoms with Crippen LogP contribution in [0, 0.1) is 5.41 Å². The van der Waals surface area contributed by atoms with Crippen LogP contribution >= 0.6 is 0 Å². The van der Waals surface area contributed by atoms with Crippen molar-refractivity contribution in [2.45, 2.75) is 34.1 Å². The van der Waals surface area contributed by atoms with E-state index in [1.807, 2.05) is 32.1 Å². The van der Waals surface area contributed by atoms with Crippen LogP contribution in [0.1, 0.15) is 39.7 Å². The molecule has 0 aromatic heterocycles. The first-order valence-electron chi connectivity index (χ1n) is 12.1. The van der Waals surface area contributed by atoms with Crippen molar-refractivity contribution in [1.82, 2.24) is 10.2 Å². The van der Waals surface area contributed by atoms with Crippen LogP contribution in [0.2, 0.25) is 0 Å². The second-order valence-electron chi connectivity index (χ2n) is 7.62. The van der Waals surface area contributed by atoms with Gasteiger partial charge in [0.05, 0.1) is 24.6 Å². The van der Waals surface area contributed by atoms with Crippen LogP contribution in [0.5, 0.6) is 5.75 Å². The fraction of sp³-hybridized carbons (Fsp3) is 0.444. The van der Waals surface area contributed by atoms with Crippen molar-refractivity contribution in [2.75, 3.05) is 51.7 Å². The van der Waals surface area contributed by atoms with Gasteiger partial charge in [0.25, 0.3) is 0 Å². The number of morpholine rings is 1. The Morgan fingerprint density at radius 2 is 1.91 bits per heavy atom. The number of nitrogens with one attached hydrogen (secondary N) is 2.